The molecule has 0 spiro atoms. The number of carbonyl (C=O) groups excluding carboxylic acids is 3. The minimum absolute atomic E-state index is 0.0195. The van der Waals surface area contributed by atoms with Crippen molar-refractivity contribution in [2.24, 2.45) is 0 Å². The molecule has 0 heterocycles. The van der Waals surface area contributed by atoms with Crippen molar-refractivity contribution in [1.29, 1.82) is 0 Å². The molecule has 0 aliphatic carbocycles. The maximum atomic E-state index is 13.7. The van der Waals surface area contributed by atoms with E-state index < -0.39 is 11.7 Å². The van der Waals surface area contributed by atoms with E-state index >= 15 is 0 Å². The van der Waals surface area contributed by atoms with Gasteiger partial charge in [-0.3, -0.25) is 14.4 Å². The number of Topliss-reactive ketones (excluding diaryl/α,β-unsaturated/α-hetero) is 1. The first-order valence-corrected chi connectivity index (χ1v) is 8.36. The maximum Gasteiger partial charge on any atom is 0.226 e. The van der Waals surface area contributed by atoms with Crippen LogP contribution in [0.1, 0.15) is 35.2 Å². The summed E-state index contributed by atoms with van der Waals surface area (Å²) in [5.74, 6) is -1.30. The molecule has 0 aliphatic rings. The van der Waals surface area contributed by atoms with Gasteiger partial charge in [0.05, 0.1) is 5.69 Å². The van der Waals surface area contributed by atoms with Crippen molar-refractivity contribution < 1.29 is 18.8 Å². The highest BCUT2D eigenvalue weighted by atomic mass is 19.1. The summed E-state index contributed by atoms with van der Waals surface area (Å²) >= 11 is 0. The van der Waals surface area contributed by atoms with E-state index in [0.29, 0.717) is 5.56 Å². The van der Waals surface area contributed by atoms with Gasteiger partial charge in [0.2, 0.25) is 11.8 Å². The number of carbonyl (C=O) groups is 3. The first-order chi connectivity index (χ1) is 12.5. The molecular formula is C20H21FN2O3. The van der Waals surface area contributed by atoms with E-state index in [1.807, 2.05) is 6.07 Å². The normalized spacial score (nSPS) is 10.2. The monoisotopic (exact) mass is 356 g/mol. The molecule has 26 heavy (non-hydrogen) atoms. The fourth-order valence-corrected chi connectivity index (χ4v) is 2.33. The predicted octanol–water partition coefficient (Wildman–Crippen LogP) is 3.24. The minimum atomic E-state index is -0.498. The molecule has 136 valence electrons. The third kappa shape index (κ3) is 6.12. The Hall–Kier alpha value is -3.02. The highest BCUT2D eigenvalue weighted by molar-refractivity contribution is 5.98. The molecule has 6 heteroatoms. The van der Waals surface area contributed by atoms with Crippen LogP contribution in [0.4, 0.5) is 10.1 Å². The lowest BCUT2D eigenvalue weighted by molar-refractivity contribution is -0.121. The van der Waals surface area contributed by atoms with Gasteiger partial charge in [0.1, 0.15) is 5.82 Å². The Balaban J connectivity index is 1.67. The Bertz CT molecular complexity index is 791. The third-order valence-corrected chi connectivity index (χ3v) is 3.75. The second kappa shape index (κ2) is 9.46. The lowest BCUT2D eigenvalue weighted by Crippen LogP contribution is -2.28. The van der Waals surface area contributed by atoms with Gasteiger partial charge in [0, 0.05) is 31.4 Å². The van der Waals surface area contributed by atoms with Crippen LogP contribution < -0.4 is 10.6 Å². The SMILES string of the molecule is Cc1ccc(NC(=O)CCNC(=O)CCC(=O)c2ccccc2)c(F)c1. The molecular weight excluding hydrogens is 335 g/mol. The highest BCUT2D eigenvalue weighted by Crippen LogP contribution is 2.15. The van der Waals surface area contributed by atoms with Gasteiger partial charge in [-0.15, -0.1) is 0 Å². The van der Waals surface area contributed by atoms with E-state index in [-0.39, 0.29) is 43.2 Å². The summed E-state index contributed by atoms with van der Waals surface area (Å²) in [6.07, 6.45) is 0.185. The van der Waals surface area contributed by atoms with Crippen molar-refractivity contribution in [2.75, 3.05) is 11.9 Å². The quantitative estimate of drug-likeness (QED) is 0.713. The van der Waals surface area contributed by atoms with E-state index in [1.54, 1.807) is 37.3 Å². The molecule has 2 aromatic rings. The molecule has 2 rings (SSSR count). The molecule has 5 nitrogen and oxygen atoms in total. The van der Waals surface area contributed by atoms with Crippen LogP contribution in [0.2, 0.25) is 0 Å². The summed E-state index contributed by atoms with van der Waals surface area (Å²) in [7, 11) is 0. The number of benzene rings is 2. The Labute approximate surface area is 151 Å². The van der Waals surface area contributed by atoms with Crippen molar-refractivity contribution in [1.82, 2.24) is 5.32 Å². The van der Waals surface area contributed by atoms with Gasteiger partial charge in [-0.1, -0.05) is 36.4 Å². The first-order valence-electron chi connectivity index (χ1n) is 8.36. The number of nitrogens with one attached hydrogen (secondary N) is 2. The first kappa shape index (κ1) is 19.3. The van der Waals surface area contributed by atoms with Gasteiger partial charge in [0.15, 0.2) is 5.78 Å². The number of hydrogen-bond acceptors (Lipinski definition) is 3. The smallest absolute Gasteiger partial charge is 0.226 e. The Kier molecular flexibility index (Phi) is 7.02. The summed E-state index contributed by atoms with van der Waals surface area (Å²) in [6, 6.07) is 13.3. The summed E-state index contributed by atoms with van der Waals surface area (Å²) in [6.45, 7) is 1.88. The standard InChI is InChI=1S/C20H21FN2O3/c1-14-7-8-17(16(21)13-14)23-20(26)11-12-22-19(25)10-9-18(24)15-5-3-2-4-6-15/h2-8,13H,9-12H2,1H3,(H,22,25)(H,23,26). The van der Waals surface area contributed by atoms with Crippen molar-refractivity contribution in [3.63, 3.8) is 0 Å². The average Bonchev–Trinajstić information content (AvgIpc) is 2.63. The fourth-order valence-electron chi connectivity index (χ4n) is 2.33. The molecule has 0 bridgehead atoms. The second-order valence-electron chi connectivity index (χ2n) is 5.92. The summed E-state index contributed by atoms with van der Waals surface area (Å²) in [5.41, 5.74) is 1.44. The zero-order valence-corrected chi connectivity index (χ0v) is 14.5. The van der Waals surface area contributed by atoms with E-state index in [1.165, 1.54) is 12.1 Å². The number of aryl methyl sites for hydroxylation is 1. The van der Waals surface area contributed by atoms with Gasteiger partial charge >= 0.3 is 0 Å². The van der Waals surface area contributed by atoms with E-state index in [9.17, 15) is 18.8 Å². The summed E-state index contributed by atoms with van der Waals surface area (Å²) in [4.78, 5) is 35.5. The molecule has 0 aromatic heterocycles. The number of hydrogen-bond donors (Lipinski definition) is 2. The van der Waals surface area contributed by atoms with Crippen LogP contribution in [0.5, 0.6) is 0 Å². The number of anilines is 1. The van der Waals surface area contributed by atoms with Gasteiger partial charge < -0.3 is 10.6 Å². The second-order valence-corrected chi connectivity index (χ2v) is 5.92. The largest absolute Gasteiger partial charge is 0.356 e. The molecule has 2 aromatic carbocycles. The van der Waals surface area contributed by atoms with Gasteiger partial charge in [-0.05, 0) is 24.6 Å². The van der Waals surface area contributed by atoms with Crippen LogP contribution >= 0.6 is 0 Å². The molecule has 0 saturated heterocycles. The zero-order chi connectivity index (χ0) is 18.9. The molecule has 2 amide bonds. The number of ketones is 1. The van der Waals surface area contributed by atoms with Gasteiger partial charge in [-0.25, -0.2) is 4.39 Å². The van der Waals surface area contributed by atoms with E-state index in [0.717, 1.165) is 5.56 Å². The zero-order valence-electron chi connectivity index (χ0n) is 14.5. The molecule has 2 N–H and O–H groups in total. The lowest BCUT2D eigenvalue weighted by Gasteiger charge is -2.08. The van der Waals surface area contributed by atoms with Crippen LogP contribution in [0.3, 0.4) is 0 Å². The Morgan fingerprint density at radius 2 is 1.65 bits per heavy atom. The van der Waals surface area contributed by atoms with Crippen LogP contribution in [0, 0.1) is 12.7 Å². The van der Waals surface area contributed by atoms with Crippen molar-refractivity contribution >= 4 is 23.3 Å². The maximum absolute atomic E-state index is 13.7. The lowest BCUT2D eigenvalue weighted by atomic mass is 10.1. The van der Waals surface area contributed by atoms with Crippen LogP contribution in [-0.4, -0.2) is 24.1 Å². The fraction of sp³-hybridized carbons (Fsp3) is 0.250. The van der Waals surface area contributed by atoms with Crippen LogP contribution in [0.15, 0.2) is 48.5 Å². The number of amides is 2. The van der Waals surface area contributed by atoms with Crippen molar-refractivity contribution in [3.8, 4) is 0 Å². The Morgan fingerprint density at radius 1 is 0.923 bits per heavy atom. The van der Waals surface area contributed by atoms with E-state index in [2.05, 4.69) is 10.6 Å². The number of halogens is 1. The average molecular weight is 356 g/mol. The summed E-state index contributed by atoms with van der Waals surface area (Å²) in [5, 5.41) is 5.05. The molecule has 0 aliphatic heterocycles. The minimum Gasteiger partial charge on any atom is -0.356 e. The highest BCUT2D eigenvalue weighted by Gasteiger charge is 2.10. The topological polar surface area (TPSA) is 75.3 Å². The number of rotatable bonds is 8. The molecule has 0 atom stereocenters. The van der Waals surface area contributed by atoms with Gasteiger partial charge in [0.25, 0.3) is 0 Å². The Morgan fingerprint density at radius 3 is 2.35 bits per heavy atom. The molecule has 0 fully saturated rings. The van der Waals surface area contributed by atoms with Crippen molar-refractivity contribution in [2.45, 2.75) is 26.2 Å². The van der Waals surface area contributed by atoms with Crippen molar-refractivity contribution in [3.05, 3.63) is 65.5 Å². The van der Waals surface area contributed by atoms with E-state index in [4.69, 9.17) is 0 Å². The third-order valence-electron chi connectivity index (χ3n) is 3.75. The van der Waals surface area contributed by atoms with Crippen LogP contribution in [-0.2, 0) is 9.59 Å². The van der Waals surface area contributed by atoms with Gasteiger partial charge in [-0.2, -0.15) is 0 Å². The molecule has 0 unspecified atom stereocenters. The summed E-state index contributed by atoms with van der Waals surface area (Å²) < 4.78 is 13.7. The van der Waals surface area contributed by atoms with Crippen LogP contribution in [0.25, 0.3) is 0 Å². The molecule has 0 radical (unpaired) electrons. The predicted molar refractivity (Wildman–Crippen MR) is 97.4 cm³/mol. The molecule has 0 saturated carbocycles.